The number of hydrogen-bond donors (Lipinski definition) is 3. The average molecular weight is 535 g/mol. The van der Waals surface area contributed by atoms with E-state index in [4.69, 9.17) is 4.74 Å². The van der Waals surface area contributed by atoms with Gasteiger partial charge >= 0.3 is 6.09 Å². The molecule has 4 unspecified atom stereocenters. The van der Waals surface area contributed by atoms with Gasteiger partial charge in [0.2, 0.25) is 17.6 Å². The molecule has 0 spiro atoms. The fraction of sp³-hybridized carbons (Fsp3) is 0.750. The minimum Gasteiger partial charge on any atom is -0.444 e. The second kappa shape index (κ2) is 14.3. The lowest BCUT2D eigenvalue weighted by Crippen LogP contribution is -2.59. The zero-order chi connectivity index (χ0) is 28.5. The summed E-state index contributed by atoms with van der Waals surface area (Å²) < 4.78 is 5.45. The van der Waals surface area contributed by atoms with Gasteiger partial charge in [0.1, 0.15) is 17.7 Å². The Bertz CT molecular complexity index is 877. The lowest BCUT2D eigenvalue weighted by Gasteiger charge is -2.36. The van der Waals surface area contributed by atoms with Crippen LogP contribution in [0.2, 0.25) is 0 Å². The second-order valence-electron chi connectivity index (χ2n) is 11.4. The molecule has 214 valence electrons. The first kappa shape index (κ1) is 31.3. The fourth-order valence-corrected chi connectivity index (χ4v) is 5.29. The van der Waals surface area contributed by atoms with E-state index in [2.05, 4.69) is 22.5 Å². The number of alkyl carbamates (subject to hydrolysis) is 1. The summed E-state index contributed by atoms with van der Waals surface area (Å²) >= 11 is 0. The van der Waals surface area contributed by atoms with E-state index < -0.39 is 47.4 Å². The van der Waals surface area contributed by atoms with Gasteiger partial charge in [-0.3, -0.25) is 19.2 Å². The highest BCUT2D eigenvalue weighted by Crippen LogP contribution is 2.31. The Kier molecular flexibility index (Phi) is 11.8. The standard InChI is InChI=1S/C28H46N4O6/c1-7-12-20(23(33)25(35)29-17-8-2)30-24(34)21-16-15-18(3)32(21)26(36)22(19-13-10-9-11-14-19)31-27(37)38-28(4,5)6/h8,18-22H,2,7,9-17H2,1,3-6H3,(H,29,35)(H,30,34)(H,31,37). The summed E-state index contributed by atoms with van der Waals surface area (Å²) in [5, 5.41) is 8.01. The summed E-state index contributed by atoms with van der Waals surface area (Å²) in [5.74, 6) is -2.34. The second-order valence-corrected chi connectivity index (χ2v) is 11.4. The molecular weight excluding hydrogens is 488 g/mol. The SMILES string of the molecule is C=CCNC(=O)C(=O)C(CCC)NC(=O)C1CCC(C)N1C(=O)C(NC(=O)OC(C)(C)C)C1CCCCC1. The predicted molar refractivity (Wildman–Crippen MR) is 144 cm³/mol. The lowest BCUT2D eigenvalue weighted by molar-refractivity contribution is -0.144. The molecule has 1 saturated carbocycles. The molecule has 2 rings (SSSR count). The van der Waals surface area contributed by atoms with E-state index >= 15 is 0 Å². The molecule has 0 radical (unpaired) electrons. The van der Waals surface area contributed by atoms with Gasteiger partial charge in [-0.2, -0.15) is 0 Å². The first-order valence-corrected chi connectivity index (χ1v) is 13.9. The van der Waals surface area contributed by atoms with Gasteiger partial charge in [0.25, 0.3) is 5.91 Å². The quantitative estimate of drug-likeness (QED) is 0.276. The van der Waals surface area contributed by atoms with Crippen molar-refractivity contribution < 1.29 is 28.7 Å². The van der Waals surface area contributed by atoms with Crippen LogP contribution in [0.4, 0.5) is 4.79 Å². The molecule has 10 heteroatoms. The summed E-state index contributed by atoms with van der Waals surface area (Å²) in [7, 11) is 0. The van der Waals surface area contributed by atoms with E-state index in [0.29, 0.717) is 25.7 Å². The molecule has 0 aromatic heterocycles. The highest BCUT2D eigenvalue weighted by molar-refractivity contribution is 6.38. The summed E-state index contributed by atoms with van der Waals surface area (Å²) in [4.78, 5) is 66.6. The minimum atomic E-state index is -0.987. The van der Waals surface area contributed by atoms with Crippen molar-refractivity contribution in [3.8, 4) is 0 Å². The predicted octanol–water partition coefficient (Wildman–Crippen LogP) is 3.00. The van der Waals surface area contributed by atoms with Crippen LogP contribution >= 0.6 is 0 Å². The Morgan fingerprint density at radius 2 is 1.68 bits per heavy atom. The summed E-state index contributed by atoms with van der Waals surface area (Å²) in [6.45, 7) is 12.7. The number of Topliss-reactive ketones (excluding diaryl/α,β-unsaturated/α-hetero) is 1. The molecular formula is C28H46N4O6. The van der Waals surface area contributed by atoms with Crippen LogP contribution in [0.15, 0.2) is 12.7 Å². The molecule has 2 aliphatic rings. The van der Waals surface area contributed by atoms with Gasteiger partial charge in [-0.15, -0.1) is 6.58 Å². The Morgan fingerprint density at radius 3 is 2.26 bits per heavy atom. The fourth-order valence-electron chi connectivity index (χ4n) is 5.29. The van der Waals surface area contributed by atoms with E-state index in [0.717, 1.165) is 32.1 Å². The van der Waals surface area contributed by atoms with Gasteiger partial charge in [-0.1, -0.05) is 38.7 Å². The third-order valence-corrected chi connectivity index (χ3v) is 7.13. The first-order chi connectivity index (χ1) is 17.9. The van der Waals surface area contributed by atoms with Crippen LogP contribution in [0.1, 0.15) is 92.4 Å². The van der Waals surface area contributed by atoms with E-state index in [9.17, 15) is 24.0 Å². The van der Waals surface area contributed by atoms with E-state index in [-0.39, 0.29) is 24.4 Å². The highest BCUT2D eigenvalue weighted by atomic mass is 16.6. The number of ketones is 1. The molecule has 3 N–H and O–H groups in total. The third-order valence-electron chi connectivity index (χ3n) is 7.13. The number of likely N-dealkylation sites (tertiary alicyclic amines) is 1. The van der Waals surface area contributed by atoms with Crippen molar-refractivity contribution >= 4 is 29.6 Å². The summed E-state index contributed by atoms with van der Waals surface area (Å²) in [6, 6.07) is -2.81. The Labute approximate surface area is 226 Å². The third kappa shape index (κ3) is 8.84. The Morgan fingerprint density at radius 1 is 1.03 bits per heavy atom. The normalized spacial score (nSPS) is 21.7. The zero-order valence-corrected chi connectivity index (χ0v) is 23.6. The smallest absolute Gasteiger partial charge is 0.408 e. The molecule has 0 bridgehead atoms. The number of nitrogens with one attached hydrogen (secondary N) is 3. The average Bonchev–Trinajstić information content (AvgIpc) is 3.25. The molecule has 38 heavy (non-hydrogen) atoms. The topological polar surface area (TPSA) is 134 Å². The first-order valence-electron chi connectivity index (χ1n) is 13.9. The summed E-state index contributed by atoms with van der Waals surface area (Å²) in [5.41, 5.74) is -0.716. The van der Waals surface area contributed by atoms with Gasteiger partial charge in [0, 0.05) is 12.6 Å². The largest absolute Gasteiger partial charge is 0.444 e. The van der Waals surface area contributed by atoms with Crippen molar-refractivity contribution in [3.05, 3.63) is 12.7 Å². The number of carbonyl (C=O) groups excluding carboxylic acids is 5. The molecule has 1 heterocycles. The molecule has 2 fully saturated rings. The van der Waals surface area contributed by atoms with Gasteiger partial charge < -0.3 is 25.6 Å². The van der Waals surface area contributed by atoms with Crippen LogP contribution in [0, 0.1) is 5.92 Å². The Hall–Kier alpha value is -2.91. The number of ether oxygens (including phenoxy) is 1. The zero-order valence-electron chi connectivity index (χ0n) is 23.6. The van der Waals surface area contributed by atoms with E-state index in [1.165, 1.54) is 6.08 Å². The lowest BCUT2D eigenvalue weighted by atomic mass is 9.83. The number of carbonyl (C=O) groups is 5. The van der Waals surface area contributed by atoms with E-state index in [1.807, 2.05) is 13.8 Å². The van der Waals surface area contributed by atoms with Crippen molar-refractivity contribution in [1.29, 1.82) is 0 Å². The van der Waals surface area contributed by atoms with Gasteiger partial charge in [0.05, 0.1) is 6.04 Å². The van der Waals surface area contributed by atoms with Gasteiger partial charge in [-0.05, 0) is 65.7 Å². The van der Waals surface area contributed by atoms with Crippen molar-refractivity contribution in [2.75, 3.05) is 6.54 Å². The number of amides is 4. The monoisotopic (exact) mass is 534 g/mol. The summed E-state index contributed by atoms with van der Waals surface area (Å²) in [6.07, 6.45) is 7.36. The maximum absolute atomic E-state index is 14.0. The molecule has 4 atom stereocenters. The van der Waals surface area contributed by atoms with Crippen molar-refractivity contribution in [2.45, 2.75) is 122 Å². The van der Waals surface area contributed by atoms with Crippen LogP contribution in [0.5, 0.6) is 0 Å². The minimum absolute atomic E-state index is 0.0525. The number of rotatable bonds is 11. The van der Waals surface area contributed by atoms with Crippen LogP contribution < -0.4 is 16.0 Å². The van der Waals surface area contributed by atoms with Crippen LogP contribution in [0.3, 0.4) is 0 Å². The molecule has 1 saturated heterocycles. The van der Waals surface area contributed by atoms with Crippen molar-refractivity contribution in [2.24, 2.45) is 5.92 Å². The number of nitrogens with zero attached hydrogens (tertiary/aromatic N) is 1. The molecule has 1 aliphatic carbocycles. The molecule has 4 amide bonds. The molecule has 0 aromatic carbocycles. The molecule has 10 nitrogen and oxygen atoms in total. The van der Waals surface area contributed by atoms with Crippen LogP contribution in [-0.4, -0.2) is 70.8 Å². The van der Waals surface area contributed by atoms with Crippen LogP contribution in [-0.2, 0) is 23.9 Å². The maximum atomic E-state index is 14.0. The molecule has 0 aromatic rings. The van der Waals surface area contributed by atoms with E-state index in [1.54, 1.807) is 25.7 Å². The highest BCUT2D eigenvalue weighted by Gasteiger charge is 2.44. The van der Waals surface area contributed by atoms with Gasteiger partial charge in [-0.25, -0.2) is 4.79 Å². The van der Waals surface area contributed by atoms with Crippen molar-refractivity contribution in [1.82, 2.24) is 20.9 Å². The molecule has 1 aliphatic heterocycles. The Balaban J connectivity index is 2.23. The number of hydrogen-bond acceptors (Lipinski definition) is 6. The maximum Gasteiger partial charge on any atom is 0.408 e. The van der Waals surface area contributed by atoms with Crippen LogP contribution in [0.25, 0.3) is 0 Å². The van der Waals surface area contributed by atoms with Gasteiger partial charge in [0.15, 0.2) is 0 Å². The van der Waals surface area contributed by atoms with Crippen molar-refractivity contribution in [3.63, 3.8) is 0 Å².